The molecule has 0 aliphatic carbocycles. The summed E-state index contributed by atoms with van der Waals surface area (Å²) in [5.74, 6) is -0.641. The Kier molecular flexibility index (Phi) is 5.74. The Labute approximate surface area is 147 Å². The lowest BCUT2D eigenvalue weighted by Gasteiger charge is -2.41. The average molecular weight is 354 g/mol. The molecule has 0 aromatic heterocycles. The predicted molar refractivity (Wildman–Crippen MR) is 94.0 cm³/mol. The standard InChI is InChI=1S/C18H25ClFN3O/c1-22-9-6-15(7-10-22)23-8-2-3-14(12-23)21-18(24)16-5-4-13(20)11-17(16)19/h4-5,11,14-15H,2-3,6-10,12H2,1H3,(H,21,24). The Balaban J connectivity index is 1.58. The number of benzene rings is 1. The molecule has 132 valence electrons. The van der Waals surface area contributed by atoms with E-state index in [4.69, 9.17) is 11.6 Å². The minimum absolute atomic E-state index is 0.132. The molecule has 0 spiro atoms. The van der Waals surface area contributed by atoms with Gasteiger partial charge in [-0.05, 0) is 70.6 Å². The van der Waals surface area contributed by atoms with Gasteiger partial charge < -0.3 is 10.2 Å². The van der Waals surface area contributed by atoms with Crippen LogP contribution in [0.25, 0.3) is 0 Å². The molecule has 2 aliphatic rings. The molecule has 1 atom stereocenters. The maximum atomic E-state index is 13.1. The van der Waals surface area contributed by atoms with Gasteiger partial charge in [0.2, 0.25) is 0 Å². The monoisotopic (exact) mass is 353 g/mol. The normalized spacial score (nSPS) is 24.0. The SMILES string of the molecule is CN1CCC(N2CCCC(NC(=O)c3ccc(F)cc3Cl)C2)CC1. The van der Waals surface area contributed by atoms with Crippen LogP contribution in [0.15, 0.2) is 18.2 Å². The van der Waals surface area contributed by atoms with Crippen molar-refractivity contribution < 1.29 is 9.18 Å². The van der Waals surface area contributed by atoms with Crippen molar-refractivity contribution in [1.82, 2.24) is 15.1 Å². The molecule has 3 rings (SSSR count). The van der Waals surface area contributed by atoms with E-state index in [0.717, 1.165) is 39.0 Å². The van der Waals surface area contributed by atoms with Crippen molar-refractivity contribution >= 4 is 17.5 Å². The number of hydrogen-bond acceptors (Lipinski definition) is 3. The van der Waals surface area contributed by atoms with E-state index in [-0.39, 0.29) is 17.0 Å². The number of carbonyl (C=O) groups excluding carboxylic acids is 1. The second kappa shape index (κ2) is 7.81. The van der Waals surface area contributed by atoms with Crippen molar-refractivity contribution in [3.63, 3.8) is 0 Å². The number of amides is 1. The molecule has 2 fully saturated rings. The maximum Gasteiger partial charge on any atom is 0.253 e. The summed E-state index contributed by atoms with van der Waals surface area (Å²) in [5.41, 5.74) is 0.342. The van der Waals surface area contributed by atoms with E-state index in [1.54, 1.807) is 0 Å². The first-order valence-electron chi connectivity index (χ1n) is 8.71. The van der Waals surface area contributed by atoms with Gasteiger partial charge in [-0.3, -0.25) is 9.69 Å². The fourth-order valence-corrected chi connectivity index (χ4v) is 4.01. The van der Waals surface area contributed by atoms with Crippen LogP contribution >= 0.6 is 11.6 Å². The van der Waals surface area contributed by atoms with Gasteiger partial charge in [0.1, 0.15) is 5.82 Å². The zero-order valence-electron chi connectivity index (χ0n) is 14.1. The molecule has 1 aromatic carbocycles. The largest absolute Gasteiger partial charge is 0.348 e. The summed E-state index contributed by atoms with van der Waals surface area (Å²) in [6, 6.07) is 4.65. The molecule has 1 amide bonds. The van der Waals surface area contributed by atoms with Crippen LogP contribution in [0.5, 0.6) is 0 Å². The number of likely N-dealkylation sites (tertiary alicyclic amines) is 2. The lowest BCUT2D eigenvalue weighted by atomic mass is 9.98. The van der Waals surface area contributed by atoms with Crippen LogP contribution in [0.2, 0.25) is 5.02 Å². The molecule has 4 nitrogen and oxygen atoms in total. The average Bonchev–Trinajstić information content (AvgIpc) is 2.55. The highest BCUT2D eigenvalue weighted by atomic mass is 35.5. The third-order valence-electron chi connectivity index (χ3n) is 5.17. The number of hydrogen-bond donors (Lipinski definition) is 1. The van der Waals surface area contributed by atoms with Crippen molar-refractivity contribution in [2.24, 2.45) is 0 Å². The van der Waals surface area contributed by atoms with Gasteiger partial charge in [0.15, 0.2) is 0 Å². The van der Waals surface area contributed by atoms with Gasteiger partial charge in [-0.25, -0.2) is 4.39 Å². The van der Waals surface area contributed by atoms with E-state index in [1.807, 2.05) is 0 Å². The highest BCUT2D eigenvalue weighted by Crippen LogP contribution is 2.22. The topological polar surface area (TPSA) is 35.6 Å². The van der Waals surface area contributed by atoms with Crippen LogP contribution in [0.4, 0.5) is 4.39 Å². The highest BCUT2D eigenvalue weighted by Gasteiger charge is 2.29. The minimum atomic E-state index is -0.428. The highest BCUT2D eigenvalue weighted by molar-refractivity contribution is 6.33. The van der Waals surface area contributed by atoms with Crippen LogP contribution in [0.3, 0.4) is 0 Å². The van der Waals surface area contributed by atoms with Crippen LogP contribution < -0.4 is 5.32 Å². The Morgan fingerprint density at radius 1 is 1.25 bits per heavy atom. The fraction of sp³-hybridized carbons (Fsp3) is 0.611. The van der Waals surface area contributed by atoms with Crippen molar-refractivity contribution in [3.05, 3.63) is 34.6 Å². The molecular formula is C18H25ClFN3O. The number of rotatable bonds is 3. The quantitative estimate of drug-likeness (QED) is 0.907. The molecule has 1 aromatic rings. The second-order valence-electron chi connectivity index (χ2n) is 6.97. The number of nitrogens with one attached hydrogen (secondary N) is 1. The lowest BCUT2D eigenvalue weighted by molar-refractivity contribution is 0.0766. The molecule has 0 radical (unpaired) electrons. The van der Waals surface area contributed by atoms with Gasteiger partial charge in [0.25, 0.3) is 5.91 Å². The second-order valence-corrected chi connectivity index (χ2v) is 7.37. The van der Waals surface area contributed by atoms with Crippen molar-refractivity contribution in [2.75, 3.05) is 33.2 Å². The zero-order valence-corrected chi connectivity index (χ0v) is 14.9. The molecule has 1 N–H and O–H groups in total. The molecule has 6 heteroatoms. The summed E-state index contributed by atoms with van der Waals surface area (Å²) >= 11 is 5.99. The molecule has 1 unspecified atom stereocenters. The lowest BCUT2D eigenvalue weighted by Crippen LogP contribution is -2.53. The Bertz CT molecular complexity index is 590. The number of nitrogens with zero attached hydrogens (tertiary/aromatic N) is 2. The summed E-state index contributed by atoms with van der Waals surface area (Å²) in [7, 11) is 2.17. The van der Waals surface area contributed by atoms with E-state index >= 15 is 0 Å². The van der Waals surface area contributed by atoms with Gasteiger partial charge >= 0.3 is 0 Å². The van der Waals surface area contributed by atoms with Gasteiger partial charge in [0, 0.05) is 18.6 Å². The number of halogens is 2. The van der Waals surface area contributed by atoms with Crippen molar-refractivity contribution in [1.29, 1.82) is 0 Å². The first-order chi connectivity index (χ1) is 11.5. The molecule has 2 saturated heterocycles. The van der Waals surface area contributed by atoms with E-state index < -0.39 is 5.82 Å². The van der Waals surface area contributed by atoms with Crippen LogP contribution in [-0.4, -0.2) is 61.0 Å². The summed E-state index contributed by atoms with van der Waals surface area (Å²) in [6.45, 7) is 4.28. The summed E-state index contributed by atoms with van der Waals surface area (Å²) < 4.78 is 13.1. The molecular weight excluding hydrogens is 329 g/mol. The minimum Gasteiger partial charge on any atom is -0.348 e. The summed E-state index contributed by atoms with van der Waals surface area (Å²) in [4.78, 5) is 17.3. The van der Waals surface area contributed by atoms with Crippen LogP contribution in [0, 0.1) is 5.82 Å². The van der Waals surface area contributed by atoms with Crippen molar-refractivity contribution in [2.45, 2.75) is 37.8 Å². The third kappa shape index (κ3) is 4.26. The fourth-order valence-electron chi connectivity index (χ4n) is 3.75. The molecule has 2 heterocycles. The zero-order chi connectivity index (χ0) is 17.1. The van der Waals surface area contributed by atoms with Gasteiger partial charge in [-0.15, -0.1) is 0 Å². The number of piperidine rings is 2. The summed E-state index contributed by atoms with van der Waals surface area (Å²) in [5, 5.41) is 3.24. The van der Waals surface area contributed by atoms with E-state index in [1.165, 1.54) is 31.0 Å². The van der Waals surface area contributed by atoms with Crippen LogP contribution in [0.1, 0.15) is 36.0 Å². The molecule has 24 heavy (non-hydrogen) atoms. The van der Waals surface area contributed by atoms with Gasteiger partial charge in [-0.1, -0.05) is 11.6 Å². The Morgan fingerprint density at radius 3 is 2.71 bits per heavy atom. The first kappa shape index (κ1) is 17.6. The summed E-state index contributed by atoms with van der Waals surface area (Å²) in [6.07, 6.45) is 4.46. The Hall–Kier alpha value is -1.17. The molecule has 0 bridgehead atoms. The molecule has 2 aliphatic heterocycles. The molecule has 0 saturated carbocycles. The smallest absolute Gasteiger partial charge is 0.253 e. The third-order valence-corrected chi connectivity index (χ3v) is 5.48. The van der Waals surface area contributed by atoms with E-state index in [2.05, 4.69) is 22.2 Å². The first-order valence-corrected chi connectivity index (χ1v) is 9.09. The van der Waals surface area contributed by atoms with E-state index in [0.29, 0.717) is 11.6 Å². The number of carbonyl (C=O) groups is 1. The van der Waals surface area contributed by atoms with Crippen LogP contribution in [-0.2, 0) is 0 Å². The van der Waals surface area contributed by atoms with E-state index in [9.17, 15) is 9.18 Å². The predicted octanol–water partition coefficient (Wildman–Crippen LogP) is 2.77. The maximum absolute atomic E-state index is 13.1. The van der Waals surface area contributed by atoms with Crippen molar-refractivity contribution in [3.8, 4) is 0 Å². The van der Waals surface area contributed by atoms with Gasteiger partial charge in [-0.2, -0.15) is 0 Å². The Morgan fingerprint density at radius 2 is 2.00 bits per heavy atom. The van der Waals surface area contributed by atoms with Gasteiger partial charge in [0.05, 0.1) is 10.6 Å².